The molecule has 0 bridgehead atoms. The van der Waals surface area contributed by atoms with Crippen LogP contribution in [-0.4, -0.2) is 12.2 Å². The average molecular weight is 248 g/mol. The van der Waals surface area contributed by atoms with Gasteiger partial charge in [-0.25, -0.2) is 0 Å². The second-order valence-electron chi connectivity index (χ2n) is 4.50. The number of aliphatic hydroxyl groups excluding tert-OH is 1. The summed E-state index contributed by atoms with van der Waals surface area (Å²) in [6, 6.07) is 7.52. The van der Waals surface area contributed by atoms with Crippen LogP contribution in [0.4, 0.5) is 0 Å². The van der Waals surface area contributed by atoms with Crippen LogP contribution < -0.4 is 4.74 Å². The molecule has 1 aromatic rings. The van der Waals surface area contributed by atoms with Crippen molar-refractivity contribution < 1.29 is 9.84 Å². The van der Waals surface area contributed by atoms with E-state index in [4.69, 9.17) is 4.74 Å². The molecule has 2 nitrogen and oxygen atoms in total. The predicted molar refractivity (Wildman–Crippen MR) is 75.9 cm³/mol. The van der Waals surface area contributed by atoms with Crippen molar-refractivity contribution in [3.8, 4) is 5.75 Å². The van der Waals surface area contributed by atoms with Gasteiger partial charge in [0.1, 0.15) is 5.75 Å². The normalized spacial score (nSPS) is 12.8. The van der Waals surface area contributed by atoms with E-state index < -0.39 is 6.10 Å². The maximum absolute atomic E-state index is 9.96. The van der Waals surface area contributed by atoms with E-state index in [9.17, 15) is 5.11 Å². The number of methoxy groups -OCH3 is 1. The Balaban J connectivity index is 2.34. The fourth-order valence-electron chi connectivity index (χ4n) is 1.83. The van der Waals surface area contributed by atoms with Gasteiger partial charge in [0.2, 0.25) is 0 Å². The van der Waals surface area contributed by atoms with E-state index in [1.54, 1.807) is 7.11 Å². The maximum atomic E-state index is 9.96. The van der Waals surface area contributed by atoms with Crippen molar-refractivity contribution in [2.24, 2.45) is 0 Å². The quantitative estimate of drug-likeness (QED) is 0.550. The third-order valence-electron chi connectivity index (χ3n) is 3.00. The van der Waals surface area contributed by atoms with Crippen LogP contribution in [0, 0.1) is 0 Å². The molecule has 1 rings (SSSR count). The molecule has 0 amide bonds. The lowest BCUT2D eigenvalue weighted by atomic mass is 10.1. The van der Waals surface area contributed by atoms with Crippen molar-refractivity contribution in [1.82, 2.24) is 0 Å². The zero-order valence-corrected chi connectivity index (χ0v) is 11.4. The van der Waals surface area contributed by atoms with E-state index in [0.717, 1.165) is 17.7 Å². The Hall–Kier alpha value is -1.28. The minimum absolute atomic E-state index is 0.512. The zero-order chi connectivity index (χ0) is 13.2. The Bertz CT molecular complexity index is 341. The summed E-state index contributed by atoms with van der Waals surface area (Å²) in [5.74, 6) is 0.814. The zero-order valence-electron chi connectivity index (χ0n) is 11.4. The van der Waals surface area contributed by atoms with Gasteiger partial charge in [-0.1, -0.05) is 50.5 Å². The van der Waals surface area contributed by atoms with Gasteiger partial charge in [0.25, 0.3) is 0 Å². The number of aliphatic hydroxyl groups is 1. The van der Waals surface area contributed by atoms with Crippen LogP contribution in [0.2, 0.25) is 0 Å². The molecule has 0 saturated carbocycles. The van der Waals surface area contributed by atoms with Crippen LogP contribution >= 0.6 is 0 Å². The molecule has 0 spiro atoms. The first-order chi connectivity index (χ1) is 8.77. The van der Waals surface area contributed by atoms with E-state index >= 15 is 0 Å². The summed E-state index contributed by atoms with van der Waals surface area (Å²) in [4.78, 5) is 0. The molecule has 0 radical (unpaired) electrons. The lowest BCUT2D eigenvalue weighted by molar-refractivity contribution is 0.228. The number of unbranched alkanes of at least 4 members (excludes halogenated alkanes) is 4. The molecule has 0 fully saturated rings. The molecule has 2 heteroatoms. The van der Waals surface area contributed by atoms with Gasteiger partial charge in [0.05, 0.1) is 13.2 Å². The Kier molecular flexibility index (Phi) is 7.19. The van der Waals surface area contributed by atoms with Gasteiger partial charge in [-0.05, 0) is 30.5 Å². The van der Waals surface area contributed by atoms with Crippen LogP contribution in [-0.2, 0) is 0 Å². The second-order valence-corrected chi connectivity index (χ2v) is 4.50. The molecule has 0 aliphatic carbocycles. The van der Waals surface area contributed by atoms with Crippen molar-refractivity contribution in [3.05, 3.63) is 42.0 Å². The fraction of sp³-hybridized carbons (Fsp3) is 0.500. The second kappa shape index (κ2) is 8.76. The SMILES string of the molecule is CCCCCC/C=C/C(O)c1ccc(OC)cc1. The molecule has 0 aliphatic heterocycles. The molecule has 0 heterocycles. The number of hydrogen-bond donors (Lipinski definition) is 1. The molecule has 1 N–H and O–H groups in total. The fourth-order valence-corrected chi connectivity index (χ4v) is 1.83. The summed E-state index contributed by atoms with van der Waals surface area (Å²) in [6.45, 7) is 2.21. The monoisotopic (exact) mass is 248 g/mol. The van der Waals surface area contributed by atoms with Crippen molar-refractivity contribution in [2.75, 3.05) is 7.11 Å². The first-order valence-corrected chi connectivity index (χ1v) is 6.76. The van der Waals surface area contributed by atoms with Crippen LogP contribution in [0.3, 0.4) is 0 Å². The molecule has 0 aromatic heterocycles. The molecule has 100 valence electrons. The molecule has 1 unspecified atom stereocenters. The predicted octanol–water partition coefficient (Wildman–Crippen LogP) is 4.26. The molecular weight excluding hydrogens is 224 g/mol. The number of allylic oxidation sites excluding steroid dienone is 1. The summed E-state index contributed by atoms with van der Waals surface area (Å²) in [5.41, 5.74) is 0.903. The summed E-state index contributed by atoms with van der Waals surface area (Å²) in [7, 11) is 1.64. The molecule has 0 aliphatic rings. The van der Waals surface area contributed by atoms with Gasteiger partial charge in [0.15, 0.2) is 0 Å². The Morgan fingerprint density at radius 3 is 2.50 bits per heavy atom. The summed E-state index contributed by atoms with van der Waals surface area (Å²) in [5, 5.41) is 9.96. The van der Waals surface area contributed by atoms with Gasteiger partial charge in [-0.3, -0.25) is 0 Å². The number of rotatable bonds is 8. The van der Waals surface area contributed by atoms with Crippen LogP contribution in [0.1, 0.15) is 50.7 Å². The number of hydrogen-bond acceptors (Lipinski definition) is 2. The van der Waals surface area contributed by atoms with Crippen molar-refractivity contribution in [1.29, 1.82) is 0 Å². The minimum Gasteiger partial charge on any atom is -0.497 e. The van der Waals surface area contributed by atoms with E-state index in [1.807, 2.05) is 30.3 Å². The smallest absolute Gasteiger partial charge is 0.118 e. The number of ether oxygens (including phenoxy) is 1. The molecule has 18 heavy (non-hydrogen) atoms. The summed E-state index contributed by atoms with van der Waals surface area (Å²) < 4.78 is 5.09. The van der Waals surface area contributed by atoms with E-state index in [0.29, 0.717) is 0 Å². The highest BCUT2D eigenvalue weighted by Crippen LogP contribution is 2.18. The van der Waals surface area contributed by atoms with Crippen LogP contribution in [0.15, 0.2) is 36.4 Å². The molecular formula is C16H24O2. The van der Waals surface area contributed by atoms with E-state index in [1.165, 1.54) is 25.7 Å². The van der Waals surface area contributed by atoms with Gasteiger partial charge in [-0.2, -0.15) is 0 Å². The Morgan fingerprint density at radius 1 is 1.17 bits per heavy atom. The maximum Gasteiger partial charge on any atom is 0.118 e. The van der Waals surface area contributed by atoms with Crippen molar-refractivity contribution in [3.63, 3.8) is 0 Å². The Morgan fingerprint density at radius 2 is 1.89 bits per heavy atom. The first-order valence-electron chi connectivity index (χ1n) is 6.76. The highest BCUT2D eigenvalue weighted by atomic mass is 16.5. The third-order valence-corrected chi connectivity index (χ3v) is 3.00. The summed E-state index contributed by atoms with van der Waals surface area (Å²) in [6.07, 6.45) is 9.53. The number of benzene rings is 1. The van der Waals surface area contributed by atoms with Gasteiger partial charge in [-0.15, -0.1) is 0 Å². The third kappa shape index (κ3) is 5.37. The highest BCUT2D eigenvalue weighted by molar-refractivity contribution is 5.29. The van der Waals surface area contributed by atoms with Crippen LogP contribution in [0.5, 0.6) is 5.75 Å². The standard InChI is InChI=1S/C16H24O2/c1-3-4-5-6-7-8-9-16(17)14-10-12-15(18-2)13-11-14/h8-13,16-17H,3-7H2,1-2H3/b9-8+. The van der Waals surface area contributed by atoms with Gasteiger partial charge >= 0.3 is 0 Å². The molecule has 1 atom stereocenters. The lowest BCUT2D eigenvalue weighted by Gasteiger charge is -2.07. The summed E-state index contributed by atoms with van der Waals surface area (Å²) >= 11 is 0. The minimum atomic E-state index is -0.512. The molecule has 1 aromatic carbocycles. The van der Waals surface area contributed by atoms with Gasteiger partial charge in [0, 0.05) is 0 Å². The first kappa shape index (κ1) is 14.8. The van der Waals surface area contributed by atoms with Gasteiger partial charge < -0.3 is 9.84 Å². The lowest BCUT2D eigenvalue weighted by Crippen LogP contribution is -1.93. The van der Waals surface area contributed by atoms with Crippen molar-refractivity contribution >= 4 is 0 Å². The Labute approximate surface area is 110 Å². The topological polar surface area (TPSA) is 29.5 Å². The van der Waals surface area contributed by atoms with E-state index in [2.05, 4.69) is 13.0 Å². The largest absolute Gasteiger partial charge is 0.497 e. The van der Waals surface area contributed by atoms with Crippen LogP contribution in [0.25, 0.3) is 0 Å². The average Bonchev–Trinajstić information content (AvgIpc) is 2.42. The highest BCUT2D eigenvalue weighted by Gasteiger charge is 2.02. The van der Waals surface area contributed by atoms with E-state index in [-0.39, 0.29) is 0 Å². The van der Waals surface area contributed by atoms with Crippen molar-refractivity contribution in [2.45, 2.75) is 45.1 Å². The molecule has 0 saturated heterocycles.